The average molecular weight is 222 g/mol. The molecule has 0 aliphatic rings. The van der Waals surface area contributed by atoms with Crippen LogP contribution in [0, 0.1) is 0 Å². The molecular weight excluding hydrogens is 212 g/mol. The summed E-state index contributed by atoms with van der Waals surface area (Å²) in [6.07, 6.45) is -0.499. The van der Waals surface area contributed by atoms with E-state index in [0.717, 1.165) is 5.56 Å². The smallest absolute Gasteiger partial charge is 0.417 e. The lowest BCUT2D eigenvalue weighted by atomic mass is 10.2. The number of carbonyl (C=O) groups is 1. The van der Waals surface area contributed by atoms with Crippen molar-refractivity contribution in [3.8, 4) is 0 Å². The number of amides is 1. The van der Waals surface area contributed by atoms with Gasteiger partial charge in [-0.15, -0.1) is 0 Å². The first kappa shape index (κ1) is 10.3. The highest BCUT2D eigenvalue weighted by Crippen LogP contribution is 2.11. The number of H-pyrrole nitrogens is 1. The van der Waals surface area contributed by atoms with Gasteiger partial charge in [0.15, 0.2) is 5.58 Å². The second-order valence-electron chi connectivity index (χ2n) is 3.19. The molecule has 0 unspecified atom stereocenters. The van der Waals surface area contributed by atoms with Crippen LogP contribution in [-0.2, 0) is 11.3 Å². The van der Waals surface area contributed by atoms with E-state index in [1.54, 1.807) is 18.2 Å². The van der Waals surface area contributed by atoms with Crippen molar-refractivity contribution in [2.75, 3.05) is 7.11 Å². The Morgan fingerprint density at radius 1 is 1.56 bits per heavy atom. The molecular formula is C10H10N2O4. The summed E-state index contributed by atoms with van der Waals surface area (Å²) >= 11 is 0. The standard InChI is InChI=1S/C10H10N2O4/c1-15-9(13)11-5-6-2-3-8-7(4-6)12-10(14)16-8/h2-4H,5H2,1H3,(H,11,13)(H,12,14). The van der Waals surface area contributed by atoms with Gasteiger partial charge in [-0.05, 0) is 17.7 Å². The van der Waals surface area contributed by atoms with Crippen LogP contribution in [-0.4, -0.2) is 18.2 Å². The Morgan fingerprint density at radius 2 is 2.38 bits per heavy atom. The van der Waals surface area contributed by atoms with Gasteiger partial charge in [-0.3, -0.25) is 4.98 Å². The lowest BCUT2D eigenvalue weighted by Gasteiger charge is -2.02. The van der Waals surface area contributed by atoms with Crippen LogP contribution in [0.4, 0.5) is 4.79 Å². The number of hydrogen-bond acceptors (Lipinski definition) is 4. The molecule has 2 N–H and O–H groups in total. The molecule has 6 nitrogen and oxygen atoms in total. The maximum Gasteiger partial charge on any atom is 0.417 e. The topological polar surface area (TPSA) is 84.3 Å². The quantitative estimate of drug-likeness (QED) is 0.793. The molecule has 1 heterocycles. The Kier molecular flexibility index (Phi) is 2.63. The Morgan fingerprint density at radius 3 is 3.12 bits per heavy atom. The maximum absolute atomic E-state index is 10.9. The van der Waals surface area contributed by atoms with E-state index >= 15 is 0 Å². The zero-order valence-corrected chi connectivity index (χ0v) is 8.57. The SMILES string of the molecule is COC(=O)NCc1ccc2oc(=O)[nH]c2c1. The minimum Gasteiger partial charge on any atom is -0.453 e. The van der Waals surface area contributed by atoms with Crippen molar-refractivity contribution in [3.63, 3.8) is 0 Å². The van der Waals surface area contributed by atoms with Crippen LogP contribution in [0.5, 0.6) is 0 Å². The summed E-state index contributed by atoms with van der Waals surface area (Å²) in [6, 6.07) is 5.16. The molecule has 1 amide bonds. The van der Waals surface area contributed by atoms with Crippen LogP contribution in [0.15, 0.2) is 27.4 Å². The molecule has 0 atom stereocenters. The van der Waals surface area contributed by atoms with Gasteiger partial charge in [0.2, 0.25) is 0 Å². The normalized spacial score (nSPS) is 10.3. The molecule has 0 spiro atoms. The molecule has 1 aromatic carbocycles. The molecule has 0 radical (unpaired) electrons. The molecule has 0 aliphatic heterocycles. The Balaban J connectivity index is 2.19. The molecule has 16 heavy (non-hydrogen) atoms. The largest absolute Gasteiger partial charge is 0.453 e. The van der Waals surface area contributed by atoms with E-state index in [0.29, 0.717) is 17.6 Å². The van der Waals surface area contributed by atoms with Gasteiger partial charge >= 0.3 is 11.8 Å². The number of nitrogens with one attached hydrogen (secondary N) is 2. The fourth-order valence-corrected chi connectivity index (χ4v) is 1.36. The molecule has 0 fully saturated rings. The van der Waals surface area contributed by atoms with E-state index in [9.17, 15) is 9.59 Å². The van der Waals surface area contributed by atoms with Crippen molar-refractivity contribution in [2.45, 2.75) is 6.54 Å². The monoisotopic (exact) mass is 222 g/mol. The lowest BCUT2D eigenvalue weighted by Crippen LogP contribution is -2.22. The minimum absolute atomic E-state index is 0.329. The fourth-order valence-electron chi connectivity index (χ4n) is 1.36. The predicted molar refractivity (Wildman–Crippen MR) is 56.1 cm³/mol. The van der Waals surface area contributed by atoms with Gasteiger partial charge in [-0.2, -0.15) is 0 Å². The molecule has 6 heteroatoms. The number of hydrogen-bond donors (Lipinski definition) is 2. The van der Waals surface area contributed by atoms with Crippen LogP contribution in [0.3, 0.4) is 0 Å². The highest BCUT2D eigenvalue weighted by molar-refractivity contribution is 5.73. The molecule has 2 rings (SSSR count). The first-order valence-corrected chi connectivity index (χ1v) is 4.62. The van der Waals surface area contributed by atoms with E-state index in [-0.39, 0.29) is 0 Å². The first-order valence-electron chi connectivity index (χ1n) is 4.62. The third-order valence-electron chi connectivity index (χ3n) is 2.11. The van der Waals surface area contributed by atoms with Gasteiger partial charge in [-0.25, -0.2) is 9.59 Å². The molecule has 0 saturated heterocycles. The third kappa shape index (κ3) is 2.05. The second-order valence-corrected chi connectivity index (χ2v) is 3.19. The van der Waals surface area contributed by atoms with Gasteiger partial charge in [0.25, 0.3) is 0 Å². The van der Waals surface area contributed by atoms with Crippen LogP contribution >= 0.6 is 0 Å². The lowest BCUT2D eigenvalue weighted by molar-refractivity contribution is 0.170. The van der Waals surface area contributed by atoms with Crippen molar-refractivity contribution in [1.29, 1.82) is 0 Å². The minimum atomic E-state index is -0.499. The van der Waals surface area contributed by atoms with Crippen LogP contribution in [0.25, 0.3) is 11.1 Å². The van der Waals surface area contributed by atoms with Crippen molar-refractivity contribution < 1.29 is 13.9 Å². The van der Waals surface area contributed by atoms with Crippen LogP contribution in [0.2, 0.25) is 0 Å². The summed E-state index contributed by atoms with van der Waals surface area (Å²) < 4.78 is 9.28. The zero-order valence-electron chi connectivity index (χ0n) is 8.57. The number of ether oxygens (including phenoxy) is 1. The number of methoxy groups -OCH3 is 1. The molecule has 0 bridgehead atoms. The fraction of sp³-hybridized carbons (Fsp3) is 0.200. The van der Waals surface area contributed by atoms with E-state index in [4.69, 9.17) is 4.42 Å². The molecule has 1 aromatic heterocycles. The summed E-state index contributed by atoms with van der Waals surface area (Å²) in [7, 11) is 1.30. The number of benzene rings is 1. The maximum atomic E-state index is 10.9. The molecule has 2 aromatic rings. The highest BCUT2D eigenvalue weighted by Gasteiger charge is 2.03. The van der Waals surface area contributed by atoms with Crippen molar-refractivity contribution in [1.82, 2.24) is 10.3 Å². The van der Waals surface area contributed by atoms with Gasteiger partial charge in [0, 0.05) is 6.54 Å². The predicted octanol–water partition coefficient (Wildman–Crippen LogP) is 0.977. The Bertz CT molecular complexity index is 569. The van der Waals surface area contributed by atoms with Gasteiger partial charge in [0.1, 0.15) is 0 Å². The Labute approximate surface area is 90.2 Å². The highest BCUT2D eigenvalue weighted by atomic mass is 16.5. The summed E-state index contributed by atoms with van der Waals surface area (Å²) in [6.45, 7) is 0.329. The number of rotatable bonds is 2. The number of fused-ring (bicyclic) bond motifs is 1. The van der Waals surface area contributed by atoms with Crippen molar-refractivity contribution in [2.24, 2.45) is 0 Å². The Hall–Kier alpha value is -2.24. The number of aromatic nitrogens is 1. The summed E-state index contributed by atoms with van der Waals surface area (Å²) in [5, 5.41) is 2.54. The van der Waals surface area contributed by atoms with Crippen molar-refractivity contribution in [3.05, 3.63) is 34.3 Å². The van der Waals surface area contributed by atoms with Crippen molar-refractivity contribution >= 4 is 17.2 Å². The van der Waals surface area contributed by atoms with Gasteiger partial charge in [0.05, 0.1) is 12.6 Å². The average Bonchev–Trinajstić information content (AvgIpc) is 2.65. The number of aromatic amines is 1. The number of carbonyl (C=O) groups excluding carboxylic acids is 1. The zero-order chi connectivity index (χ0) is 11.5. The van der Waals surface area contributed by atoms with Crippen LogP contribution < -0.4 is 11.1 Å². The summed E-state index contributed by atoms with van der Waals surface area (Å²) in [5.41, 5.74) is 1.94. The third-order valence-corrected chi connectivity index (χ3v) is 2.11. The molecule has 0 saturated carbocycles. The first-order chi connectivity index (χ1) is 7.69. The molecule has 84 valence electrons. The van der Waals surface area contributed by atoms with E-state index in [1.165, 1.54) is 7.11 Å². The van der Waals surface area contributed by atoms with E-state index in [1.807, 2.05) is 0 Å². The van der Waals surface area contributed by atoms with Gasteiger partial charge < -0.3 is 14.5 Å². The van der Waals surface area contributed by atoms with Crippen LogP contribution in [0.1, 0.15) is 5.56 Å². The second kappa shape index (κ2) is 4.09. The number of alkyl carbamates (subject to hydrolysis) is 1. The van der Waals surface area contributed by atoms with Gasteiger partial charge in [-0.1, -0.05) is 6.07 Å². The summed E-state index contributed by atoms with van der Waals surface area (Å²) in [4.78, 5) is 24.3. The van der Waals surface area contributed by atoms with E-state index in [2.05, 4.69) is 15.0 Å². The van der Waals surface area contributed by atoms with E-state index < -0.39 is 11.8 Å². The molecule has 0 aliphatic carbocycles. The summed E-state index contributed by atoms with van der Waals surface area (Å²) in [5.74, 6) is -0.493. The number of oxazole rings is 1.